The fourth-order valence-corrected chi connectivity index (χ4v) is 3.78. The van der Waals surface area contributed by atoms with Crippen molar-refractivity contribution in [3.63, 3.8) is 0 Å². The third-order valence-corrected chi connectivity index (χ3v) is 5.07. The van der Waals surface area contributed by atoms with Gasteiger partial charge < -0.3 is 0 Å². The van der Waals surface area contributed by atoms with Crippen LogP contribution in [0.4, 0.5) is 0 Å². The Morgan fingerprint density at radius 2 is 1.80 bits per heavy atom. The predicted octanol–water partition coefficient (Wildman–Crippen LogP) is 4.05. The third-order valence-electron chi connectivity index (χ3n) is 5.07. The highest BCUT2D eigenvalue weighted by Gasteiger charge is 2.24. The molecule has 0 spiro atoms. The van der Waals surface area contributed by atoms with Gasteiger partial charge in [0.25, 0.3) is 0 Å². The highest BCUT2D eigenvalue weighted by molar-refractivity contribution is 5.28. The minimum absolute atomic E-state index is 0.472. The van der Waals surface area contributed by atoms with Gasteiger partial charge in [-0.2, -0.15) is 5.10 Å². The summed E-state index contributed by atoms with van der Waals surface area (Å²) in [6.07, 6.45) is 11.5. The molecule has 0 unspecified atom stereocenters. The lowest BCUT2D eigenvalue weighted by Crippen LogP contribution is -2.33. The second-order valence-corrected chi connectivity index (χ2v) is 6.74. The van der Waals surface area contributed by atoms with Crippen molar-refractivity contribution in [1.82, 2.24) is 19.7 Å². The molecule has 1 aromatic carbocycles. The molecule has 25 heavy (non-hydrogen) atoms. The Bertz CT molecular complexity index is 783. The molecule has 1 atom stereocenters. The number of nitrogens with zero attached hydrogens (tertiary/aromatic N) is 4. The van der Waals surface area contributed by atoms with E-state index in [-0.39, 0.29) is 0 Å². The van der Waals surface area contributed by atoms with Gasteiger partial charge >= 0.3 is 0 Å². The molecule has 0 saturated carbocycles. The lowest BCUT2D eigenvalue weighted by molar-refractivity contribution is 0.140. The maximum absolute atomic E-state index is 4.36. The number of hydrogen-bond donors (Lipinski definition) is 0. The second kappa shape index (κ2) is 7.62. The molecule has 1 aliphatic heterocycles. The van der Waals surface area contributed by atoms with E-state index in [1.165, 1.54) is 36.0 Å². The summed E-state index contributed by atoms with van der Waals surface area (Å²) >= 11 is 0. The highest BCUT2D eigenvalue weighted by Crippen LogP contribution is 2.32. The maximum Gasteiger partial charge on any atom is 0.0662 e. The molecule has 4 nitrogen and oxygen atoms in total. The summed E-state index contributed by atoms with van der Waals surface area (Å²) in [4.78, 5) is 6.94. The number of rotatable bonds is 5. The van der Waals surface area contributed by atoms with E-state index in [2.05, 4.69) is 45.3 Å². The van der Waals surface area contributed by atoms with Crippen molar-refractivity contribution in [2.45, 2.75) is 38.4 Å². The zero-order valence-electron chi connectivity index (χ0n) is 14.5. The van der Waals surface area contributed by atoms with Crippen LogP contribution in [-0.2, 0) is 13.1 Å². The molecule has 3 aromatic rings. The Balaban J connectivity index is 1.56. The molecule has 1 aliphatic rings. The Kier molecular flexibility index (Phi) is 4.89. The zero-order chi connectivity index (χ0) is 16.9. The van der Waals surface area contributed by atoms with Crippen LogP contribution in [0.3, 0.4) is 0 Å². The van der Waals surface area contributed by atoms with Crippen LogP contribution in [0.1, 0.15) is 42.0 Å². The number of aromatic nitrogens is 3. The van der Waals surface area contributed by atoms with E-state index in [4.69, 9.17) is 0 Å². The molecular weight excluding hydrogens is 308 g/mol. The molecule has 4 rings (SSSR count). The summed E-state index contributed by atoms with van der Waals surface area (Å²) in [6.45, 7) is 2.96. The Morgan fingerprint density at radius 3 is 2.56 bits per heavy atom. The van der Waals surface area contributed by atoms with Gasteiger partial charge in [-0.15, -0.1) is 0 Å². The van der Waals surface area contributed by atoms with Gasteiger partial charge in [0, 0.05) is 37.4 Å². The molecule has 0 amide bonds. The van der Waals surface area contributed by atoms with Gasteiger partial charge in [0.1, 0.15) is 0 Å². The van der Waals surface area contributed by atoms with Crippen LogP contribution in [0.15, 0.2) is 67.3 Å². The van der Waals surface area contributed by atoms with E-state index in [1.807, 2.05) is 41.6 Å². The van der Waals surface area contributed by atoms with Crippen molar-refractivity contribution < 1.29 is 0 Å². The van der Waals surface area contributed by atoms with Crippen molar-refractivity contribution in [3.8, 4) is 0 Å². The van der Waals surface area contributed by atoms with Gasteiger partial charge in [-0.25, -0.2) is 0 Å². The van der Waals surface area contributed by atoms with Crippen LogP contribution in [0, 0.1) is 0 Å². The minimum Gasteiger partial charge on any atom is -0.292 e. The summed E-state index contributed by atoms with van der Waals surface area (Å²) in [5, 5.41) is 4.36. The van der Waals surface area contributed by atoms with Crippen LogP contribution >= 0.6 is 0 Å². The monoisotopic (exact) mass is 332 g/mol. The lowest BCUT2D eigenvalue weighted by atomic mass is 9.95. The number of piperidine rings is 1. The molecule has 1 fully saturated rings. The summed E-state index contributed by atoms with van der Waals surface area (Å²) in [7, 11) is 0. The quantitative estimate of drug-likeness (QED) is 0.707. The van der Waals surface area contributed by atoms with E-state index in [1.54, 1.807) is 0 Å². The predicted molar refractivity (Wildman–Crippen MR) is 99.0 cm³/mol. The lowest BCUT2D eigenvalue weighted by Gasteiger charge is -2.36. The van der Waals surface area contributed by atoms with Gasteiger partial charge in [-0.3, -0.25) is 14.6 Å². The molecule has 3 heterocycles. The van der Waals surface area contributed by atoms with E-state index < -0.39 is 0 Å². The molecule has 0 radical (unpaired) electrons. The summed E-state index contributed by atoms with van der Waals surface area (Å²) < 4.78 is 1.99. The van der Waals surface area contributed by atoms with Crippen LogP contribution in [0.5, 0.6) is 0 Å². The number of pyridine rings is 1. The Hall–Kier alpha value is -2.46. The van der Waals surface area contributed by atoms with Crippen molar-refractivity contribution in [3.05, 3.63) is 83.9 Å². The van der Waals surface area contributed by atoms with Gasteiger partial charge in [-0.05, 0) is 48.2 Å². The summed E-state index contributed by atoms with van der Waals surface area (Å²) in [6, 6.07) is 15.5. The Morgan fingerprint density at radius 1 is 0.920 bits per heavy atom. The molecule has 4 heteroatoms. The average molecular weight is 332 g/mol. The molecular formula is C21H24N4. The van der Waals surface area contributed by atoms with E-state index in [9.17, 15) is 0 Å². The largest absolute Gasteiger partial charge is 0.292 e. The van der Waals surface area contributed by atoms with E-state index in [0.29, 0.717) is 6.04 Å². The van der Waals surface area contributed by atoms with Crippen molar-refractivity contribution in [2.24, 2.45) is 0 Å². The fraction of sp³-hybridized carbons (Fsp3) is 0.333. The van der Waals surface area contributed by atoms with Crippen molar-refractivity contribution in [2.75, 3.05) is 6.54 Å². The topological polar surface area (TPSA) is 34.0 Å². The van der Waals surface area contributed by atoms with Crippen molar-refractivity contribution in [1.29, 1.82) is 0 Å². The first-order chi connectivity index (χ1) is 12.4. The number of benzene rings is 1. The summed E-state index contributed by atoms with van der Waals surface area (Å²) in [5.74, 6) is 0. The molecule has 128 valence electrons. The number of likely N-dealkylation sites (tertiary alicyclic amines) is 1. The average Bonchev–Trinajstić information content (AvgIpc) is 3.18. The first kappa shape index (κ1) is 16.0. The van der Waals surface area contributed by atoms with Crippen LogP contribution < -0.4 is 0 Å². The third kappa shape index (κ3) is 3.80. The first-order valence-corrected chi connectivity index (χ1v) is 9.08. The van der Waals surface area contributed by atoms with Crippen molar-refractivity contribution >= 4 is 0 Å². The van der Waals surface area contributed by atoms with Crippen LogP contribution in [0.2, 0.25) is 0 Å². The van der Waals surface area contributed by atoms with Gasteiger partial charge in [0.05, 0.1) is 6.54 Å². The van der Waals surface area contributed by atoms with Gasteiger partial charge in [0.15, 0.2) is 0 Å². The SMILES string of the molecule is c1cncc([C@H]2CCCCN2Cc2ccccc2Cn2cccn2)c1. The first-order valence-electron chi connectivity index (χ1n) is 9.08. The molecule has 0 aliphatic carbocycles. The maximum atomic E-state index is 4.36. The van der Waals surface area contributed by atoms with Gasteiger partial charge in [0.2, 0.25) is 0 Å². The van der Waals surface area contributed by atoms with E-state index in [0.717, 1.165) is 19.6 Å². The van der Waals surface area contributed by atoms with Crippen LogP contribution in [0.25, 0.3) is 0 Å². The molecule has 2 aromatic heterocycles. The van der Waals surface area contributed by atoms with Gasteiger partial charge in [-0.1, -0.05) is 36.8 Å². The zero-order valence-corrected chi connectivity index (χ0v) is 14.5. The molecule has 0 N–H and O–H groups in total. The summed E-state index contributed by atoms with van der Waals surface area (Å²) in [5.41, 5.74) is 4.09. The fourth-order valence-electron chi connectivity index (χ4n) is 3.78. The number of hydrogen-bond acceptors (Lipinski definition) is 3. The second-order valence-electron chi connectivity index (χ2n) is 6.74. The molecule has 0 bridgehead atoms. The normalized spacial score (nSPS) is 18.3. The molecule has 1 saturated heterocycles. The van der Waals surface area contributed by atoms with Crippen LogP contribution in [-0.4, -0.2) is 26.2 Å². The standard InChI is InChI=1S/C21H24N4/c1-2-8-20(17-25-14-6-12-23-25)19(7-1)16-24-13-4-3-10-21(24)18-9-5-11-22-15-18/h1-2,5-9,11-12,14-15,21H,3-4,10,13,16-17H2/t21-/m1/s1. The minimum atomic E-state index is 0.472. The van der Waals surface area contributed by atoms with E-state index >= 15 is 0 Å². The Labute approximate surface area is 149 Å². The highest BCUT2D eigenvalue weighted by atomic mass is 15.3. The smallest absolute Gasteiger partial charge is 0.0662 e.